The normalized spacial score (nSPS) is 11.4. The lowest BCUT2D eigenvalue weighted by Gasteiger charge is -2.14. The number of nitrogens with zero attached hydrogens (tertiary/aromatic N) is 1. The van der Waals surface area contributed by atoms with Gasteiger partial charge < -0.3 is 15.2 Å². The van der Waals surface area contributed by atoms with Crippen molar-refractivity contribution in [3.8, 4) is 5.75 Å². The van der Waals surface area contributed by atoms with Gasteiger partial charge in [-0.2, -0.15) is 0 Å². The Kier molecular flexibility index (Phi) is 6.22. The summed E-state index contributed by atoms with van der Waals surface area (Å²) < 4.78 is 5.35. The molecule has 108 valence electrons. The van der Waals surface area contributed by atoms with E-state index in [9.17, 15) is 9.59 Å². The second-order valence-electron chi connectivity index (χ2n) is 4.26. The fourth-order valence-electron chi connectivity index (χ4n) is 1.53. The number of aromatic nitrogens is 1. The van der Waals surface area contributed by atoms with Crippen LogP contribution in [0.25, 0.3) is 0 Å². The van der Waals surface area contributed by atoms with Crippen LogP contribution in [0.15, 0.2) is 31.0 Å². The van der Waals surface area contributed by atoms with E-state index in [0.29, 0.717) is 12.2 Å². The number of aliphatic carboxylic acids is 1. The molecule has 1 rings (SSSR count). The van der Waals surface area contributed by atoms with Crippen molar-refractivity contribution in [2.24, 2.45) is 0 Å². The number of hydrogen-bond acceptors (Lipinski definition) is 4. The Morgan fingerprint density at radius 3 is 3.00 bits per heavy atom. The third-order valence-electron chi connectivity index (χ3n) is 2.51. The SMILES string of the molecule is C=CCOc1cccnc1C(=O)NC(C)CCC(=O)O. The lowest BCUT2D eigenvalue weighted by Crippen LogP contribution is -2.33. The number of hydrogen-bond donors (Lipinski definition) is 2. The number of carbonyl (C=O) groups excluding carboxylic acids is 1. The number of carbonyl (C=O) groups is 2. The van der Waals surface area contributed by atoms with Crippen molar-refractivity contribution in [1.29, 1.82) is 0 Å². The van der Waals surface area contributed by atoms with Crippen molar-refractivity contribution in [2.45, 2.75) is 25.8 Å². The summed E-state index contributed by atoms with van der Waals surface area (Å²) in [6.45, 7) is 5.56. The van der Waals surface area contributed by atoms with E-state index in [2.05, 4.69) is 16.9 Å². The molecular formula is C14H18N2O4. The molecule has 0 bridgehead atoms. The molecule has 1 unspecified atom stereocenters. The highest BCUT2D eigenvalue weighted by atomic mass is 16.5. The smallest absolute Gasteiger partial charge is 0.303 e. The van der Waals surface area contributed by atoms with E-state index in [1.54, 1.807) is 25.1 Å². The number of nitrogens with one attached hydrogen (secondary N) is 1. The predicted octanol–water partition coefficient (Wildman–Crippen LogP) is 1.63. The minimum atomic E-state index is -0.890. The van der Waals surface area contributed by atoms with Gasteiger partial charge in [-0.25, -0.2) is 4.98 Å². The van der Waals surface area contributed by atoms with E-state index in [1.807, 2.05) is 0 Å². The first-order chi connectivity index (χ1) is 9.54. The number of rotatable bonds is 8. The summed E-state index contributed by atoms with van der Waals surface area (Å²) in [4.78, 5) is 26.5. The van der Waals surface area contributed by atoms with Gasteiger partial charge in [0.15, 0.2) is 11.4 Å². The van der Waals surface area contributed by atoms with Gasteiger partial charge in [0.2, 0.25) is 0 Å². The van der Waals surface area contributed by atoms with Crippen LogP contribution >= 0.6 is 0 Å². The number of carboxylic acids is 1. The maximum Gasteiger partial charge on any atom is 0.303 e. The Morgan fingerprint density at radius 2 is 2.35 bits per heavy atom. The van der Waals surface area contributed by atoms with E-state index in [-0.39, 0.29) is 30.7 Å². The van der Waals surface area contributed by atoms with Crippen LogP contribution in [-0.2, 0) is 4.79 Å². The molecule has 2 N–H and O–H groups in total. The first-order valence-electron chi connectivity index (χ1n) is 6.26. The van der Waals surface area contributed by atoms with Gasteiger partial charge in [0.05, 0.1) is 0 Å². The molecular weight excluding hydrogens is 260 g/mol. The number of carboxylic acid groups (broad SMARTS) is 1. The predicted molar refractivity (Wildman–Crippen MR) is 73.7 cm³/mol. The standard InChI is InChI=1S/C14H18N2O4/c1-3-9-20-11-5-4-8-15-13(11)14(19)16-10(2)6-7-12(17)18/h3-5,8,10H,1,6-7,9H2,2H3,(H,16,19)(H,17,18). The molecule has 0 saturated carbocycles. The van der Waals surface area contributed by atoms with Crippen LogP contribution in [-0.4, -0.2) is 34.6 Å². The van der Waals surface area contributed by atoms with E-state index in [1.165, 1.54) is 6.20 Å². The van der Waals surface area contributed by atoms with Gasteiger partial charge in [-0.3, -0.25) is 9.59 Å². The summed E-state index contributed by atoms with van der Waals surface area (Å²) >= 11 is 0. The molecule has 0 saturated heterocycles. The van der Waals surface area contributed by atoms with Crippen LogP contribution in [0.5, 0.6) is 5.75 Å². The van der Waals surface area contributed by atoms with E-state index in [4.69, 9.17) is 9.84 Å². The molecule has 1 aromatic heterocycles. The van der Waals surface area contributed by atoms with Gasteiger partial charge in [0.25, 0.3) is 5.91 Å². The molecule has 0 aliphatic rings. The van der Waals surface area contributed by atoms with Crippen LogP contribution < -0.4 is 10.1 Å². The zero-order chi connectivity index (χ0) is 15.0. The summed E-state index contributed by atoms with van der Waals surface area (Å²) in [5.74, 6) is -0.906. The second kappa shape index (κ2) is 7.93. The number of pyridine rings is 1. The topological polar surface area (TPSA) is 88.5 Å². The van der Waals surface area contributed by atoms with Crippen LogP contribution in [0.4, 0.5) is 0 Å². The van der Waals surface area contributed by atoms with Crippen molar-refractivity contribution in [2.75, 3.05) is 6.61 Å². The Balaban J connectivity index is 2.66. The molecule has 0 fully saturated rings. The highest BCUT2D eigenvalue weighted by Gasteiger charge is 2.16. The van der Waals surface area contributed by atoms with Crippen molar-refractivity contribution in [3.63, 3.8) is 0 Å². The van der Waals surface area contributed by atoms with Crippen LogP contribution in [0.1, 0.15) is 30.3 Å². The molecule has 1 heterocycles. The molecule has 20 heavy (non-hydrogen) atoms. The molecule has 6 heteroatoms. The van der Waals surface area contributed by atoms with E-state index < -0.39 is 5.97 Å². The Labute approximate surface area is 117 Å². The van der Waals surface area contributed by atoms with Gasteiger partial charge in [-0.1, -0.05) is 12.7 Å². The molecule has 0 aliphatic heterocycles. The average molecular weight is 278 g/mol. The van der Waals surface area contributed by atoms with Crippen molar-refractivity contribution >= 4 is 11.9 Å². The Morgan fingerprint density at radius 1 is 1.60 bits per heavy atom. The van der Waals surface area contributed by atoms with Crippen molar-refractivity contribution in [1.82, 2.24) is 10.3 Å². The minimum absolute atomic E-state index is 0.00346. The second-order valence-corrected chi connectivity index (χ2v) is 4.26. The van der Waals surface area contributed by atoms with Crippen LogP contribution in [0.3, 0.4) is 0 Å². The van der Waals surface area contributed by atoms with Gasteiger partial charge >= 0.3 is 5.97 Å². The van der Waals surface area contributed by atoms with Crippen LogP contribution in [0.2, 0.25) is 0 Å². The first-order valence-corrected chi connectivity index (χ1v) is 6.26. The molecule has 1 aromatic rings. The third-order valence-corrected chi connectivity index (χ3v) is 2.51. The van der Waals surface area contributed by atoms with E-state index in [0.717, 1.165) is 0 Å². The summed E-state index contributed by atoms with van der Waals surface area (Å²) in [5, 5.41) is 11.3. The Bertz CT molecular complexity index is 488. The summed E-state index contributed by atoms with van der Waals surface area (Å²) in [6, 6.07) is 3.06. The fraction of sp³-hybridized carbons (Fsp3) is 0.357. The average Bonchev–Trinajstić information content (AvgIpc) is 2.43. The summed E-state index contributed by atoms with van der Waals surface area (Å²) in [5.41, 5.74) is 0.177. The Hall–Kier alpha value is -2.37. The van der Waals surface area contributed by atoms with E-state index >= 15 is 0 Å². The maximum atomic E-state index is 12.1. The van der Waals surface area contributed by atoms with Gasteiger partial charge in [-0.15, -0.1) is 0 Å². The molecule has 1 amide bonds. The van der Waals surface area contributed by atoms with Crippen LogP contribution in [0, 0.1) is 0 Å². The zero-order valence-electron chi connectivity index (χ0n) is 11.3. The lowest BCUT2D eigenvalue weighted by molar-refractivity contribution is -0.137. The van der Waals surface area contributed by atoms with Gasteiger partial charge in [0, 0.05) is 18.7 Å². The highest BCUT2D eigenvalue weighted by Crippen LogP contribution is 2.15. The lowest BCUT2D eigenvalue weighted by atomic mass is 10.2. The summed E-state index contributed by atoms with van der Waals surface area (Å²) in [6.07, 6.45) is 3.43. The quantitative estimate of drug-likeness (QED) is 0.705. The molecule has 1 atom stereocenters. The van der Waals surface area contributed by atoms with Crippen molar-refractivity contribution < 1.29 is 19.4 Å². The summed E-state index contributed by atoms with van der Waals surface area (Å²) in [7, 11) is 0. The van der Waals surface area contributed by atoms with Crippen molar-refractivity contribution in [3.05, 3.63) is 36.7 Å². The fourth-order valence-corrected chi connectivity index (χ4v) is 1.53. The maximum absolute atomic E-state index is 12.1. The third kappa shape index (κ3) is 5.09. The number of ether oxygens (including phenoxy) is 1. The largest absolute Gasteiger partial charge is 0.487 e. The zero-order valence-corrected chi connectivity index (χ0v) is 11.3. The van der Waals surface area contributed by atoms with Gasteiger partial charge in [-0.05, 0) is 25.5 Å². The molecule has 0 radical (unpaired) electrons. The minimum Gasteiger partial charge on any atom is -0.487 e. The molecule has 0 aromatic carbocycles. The molecule has 6 nitrogen and oxygen atoms in total. The monoisotopic (exact) mass is 278 g/mol. The molecule has 0 spiro atoms. The molecule has 0 aliphatic carbocycles. The number of amides is 1. The highest BCUT2D eigenvalue weighted by molar-refractivity contribution is 5.95. The van der Waals surface area contributed by atoms with Gasteiger partial charge in [0.1, 0.15) is 6.61 Å². The first kappa shape index (κ1) is 15.7.